The van der Waals surface area contributed by atoms with Crippen molar-refractivity contribution in [3.8, 4) is 0 Å². The SMILES string of the molecule is CCc1cccc(C)c1NC(=O)C(Sc1cccc(NC(=O)c2cccc3cccc(C(=O)O)c23)c1)c1ccccc1. The van der Waals surface area contributed by atoms with E-state index in [9.17, 15) is 19.5 Å². The standard InChI is InChI=1S/C35H30N2O4S/c1-3-23-14-7-11-22(2)31(23)37-34(39)32(25-12-5-4-6-13-25)42-27-18-10-17-26(21-27)36-33(38)28-19-8-15-24-16-9-20-29(30(24)28)35(40)41/h4-21,32H,3H2,1-2H3,(H,36,38)(H,37,39)(H,40,41). The van der Waals surface area contributed by atoms with Gasteiger partial charge in [0.25, 0.3) is 5.91 Å². The van der Waals surface area contributed by atoms with Crippen LogP contribution in [0.1, 0.15) is 49.6 Å². The number of carbonyl (C=O) groups excluding carboxylic acids is 2. The number of anilines is 2. The molecule has 5 rings (SSSR count). The van der Waals surface area contributed by atoms with Crippen LogP contribution in [0.25, 0.3) is 10.8 Å². The van der Waals surface area contributed by atoms with Crippen LogP contribution in [0.2, 0.25) is 0 Å². The molecule has 0 fully saturated rings. The van der Waals surface area contributed by atoms with Crippen LogP contribution in [0.3, 0.4) is 0 Å². The Bertz CT molecular complexity index is 1780. The molecule has 0 saturated heterocycles. The average Bonchev–Trinajstić information content (AvgIpc) is 3.00. The number of thioether (sulfide) groups is 1. The maximum Gasteiger partial charge on any atom is 0.336 e. The number of para-hydroxylation sites is 1. The summed E-state index contributed by atoms with van der Waals surface area (Å²) < 4.78 is 0. The zero-order valence-corrected chi connectivity index (χ0v) is 24.1. The van der Waals surface area contributed by atoms with Crippen molar-refractivity contribution in [2.45, 2.75) is 30.4 Å². The number of nitrogens with one attached hydrogen (secondary N) is 2. The molecule has 2 amide bonds. The van der Waals surface area contributed by atoms with Gasteiger partial charge < -0.3 is 15.7 Å². The van der Waals surface area contributed by atoms with Crippen LogP contribution in [0.5, 0.6) is 0 Å². The lowest BCUT2D eigenvalue weighted by atomic mass is 9.98. The monoisotopic (exact) mass is 574 g/mol. The number of carboxylic acids is 1. The molecule has 210 valence electrons. The van der Waals surface area contributed by atoms with Crippen molar-refractivity contribution in [1.82, 2.24) is 0 Å². The molecule has 0 radical (unpaired) electrons. The van der Waals surface area contributed by atoms with Crippen molar-refractivity contribution >= 4 is 51.7 Å². The lowest BCUT2D eigenvalue weighted by molar-refractivity contribution is -0.115. The second kappa shape index (κ2) is 12.7. The minimum atomic E-state index is -1.10. The first-order valence-corrected chi connectivity index (χ1v) is 14.5. The molecular weight excluding hydrogens is 544 g/mol. The summed E-state index contributed by atoms with van der Waals surface area (Å²) in [6.45, 7) is 4.05. The Morgan fingerprint density at radius 1 is 0.786 bits per heavy atom. The highest BCUT2D eigenvalue weighted by molar-refractivity contribution is 8.00. The Hall–Kier alpha value is -4.88. The first-order valence-electron chi connectivity index (χ1n) is 13.6. The fourth-order valence-electron chi connectivity index (χ4n) is 4.98. The van der Waals surface area contributed by atoms with E-state index in [1.807, 2.05) is 73.7 Å². The normalized spacial score (nSPS) is 11.6. The summed E-state index contributed by atoms with van der Waals surface area (Å²) in [5.41, 5.74) is 4.65. The van der Waals surface area contributed by atoms with Gasteiger partial charge in [-0.1, -0.05) is 85.8 Å². The molecule has 1 atom stereocenters. The van der Waals surface area contributed by atoms with Gasteiger partial charge in [-0.05, 0) is 65.8 Å². The molecule has 0 aromatic heterocycles. The molecule has 0 bridgehead atoms. The average molecular weight is 575 g/mol. The smallest absolute Gasteiger partial charge is 0.336 e. The van der Waals surface area contributed by atoms with E-state index in [2.05, 4.69) is 17.6 Å². The molecule has 0 heterocycles. The molecule has 6 nitrogen and oxygen atoms in total. The Morgan fingerprint density at radius 2 is 1.48 bits per heavy atom. The van der Waals surface area contributed by atoms with Gasteiger partial charge in [0, 0.05) is 27.2 Å². The molecule has 0 aliphatic rings. The zero-order valence-electron chi connectivity index (χ0n) is 23.3. The van der Waals surface area contributed by atoms with Crippen molar-refractivity contribution in [1.29, 1.82) is 0 Å². The van der Waals surface area contributed by atoms with E-state index in [1.54, 1.807) is 36.4 Å². The minimum absolute atomic E-state index is 0.0687. The third-order valence-electron chi connectivity index (χ3n) is 7.05. The van der Waals surface area contributed by atoms with Gasteiger partial charge in [-0.3, -0.25) is 9.59 Å². The van der Waals surface area contributed by atoms with Crippen LogP contribution in [-0.4, -0.2) is 22.9 Å². The van der Waals surface area contributed by atoms with E-state index in [0.29, 0.717) is 16.5 Å². The zero-order chi connectivity index (χ0) is 29.6. The van der Waals surface area contributed by atoms with Crippen molar-refractivity contribution < 1.29 is 19.5 Å². The molecule has 0 spiro atoms. The molecule has 42 heavy (non-hydrogen) atoms. The number of aromatic carboxylic acids is 1. The summed E-state index contributed by atoms with van der Waals surface area (Å²) >= 11 is 1.39. The molecule has 5 aromatic carbocycles. The largest absolute Gasteiger partial charge is 0.478 e. The lowest BCUT2D eigenvalue weighted by Gasteiger charge is -2.20. The number of fused-ring (bicyclic) bond motifs is 1. The molecule has 0 aliphatic carbocycles. The predicted molar refractivity (Wildman–Crippen MR) is 170 cm³/mol. The van der Waals surface area contributed by atoms with Crippen molar-refractivity contribution in [2.24, 2.45) is 0 Å². The maximum atomic E-state index is 13.7. The summed E-state index contributed by atoms with van der Waals surface area (Å²) in [4.78, 5) is 39.8. The number of aryl methyl sites for hydroxylation is 2. The summed E-state index contributed by atoms with van der Waals surface area (Å²) in [6, 6.07) is 33.0. The summed E-state index contributed by atoms with van der Waals surface area (Å²) in [5.74, 6) is -1.65. The number of amides is 2. The van der Waals surface area contributed by atoms with Gasteiger partial charge in [-0.2, -0.15) is 0 Å². The second-order valence-electron chi connectivity index (χ2n) is 9.86. The number of carboxylic acid groups (broad SMARTS) is 1. The fourth-order valence-corrected chi connectivity index (χ4v) is 6.07. The van der Waals surface area contributed by atoms with Crippen molar-refractivity contribution in [3.63, 3.8) is 0 Å². The number of rotatable bonds is 9. The Labute approximate surface area is 248 Å². The van der Waals surface area contributed by atoms with E-state index in [0.717, 1.165) is 33.7 Å². The van der Waals surface area contributed by atoms with Crippen molar-refractivity contribution in [3.05, 3.63) is 137 Å². The molecule has 0 saturated carbocycles. The molecule has 5 aromatic rings. The highest BCUT2D eigenvalue weighted by Gasteiger charge is 2.24. The molecular formula is C35H30N2O4S. The van der Waals surface area contributed by atoms with Gasteiger partial charge in [0.15, 0.2) is 0 Å². The van der Waals surface area contributed by atoms with E-state index in [4.69, 9.17) is 0 Å². The molecule has 0 aliphatic heterocycles. The first kappa shape index (κ1) is 28.6. The van der Waals surface area contributed by atoms with Gasteiger partial charge in [0.1, 0.15) is 5.25 Å². The van der Waals surface area contributed by atoms with Crippen molar-refractivity contribution in [2.75, 3.05) is 10.6 Å². The third kappa shape index (κ3) is 6.21. The number of carbonyl (C=O) groups is 3. The number of hydrogen-bond acceptors (Lipinski definition) is 4. The molecule has 3 N–H and O–H groups in total. The lowest BCUT2D eigenvalue weighted by Crippen LogP contribution is -2.20. The van der Waals surface area contributed by atoms with Crippen LogP contribution in [-0.2, 0) is 11.2 Å². The fraction of sp³-hybridized carbons (Fsp3) is 0.114. The van der Waals surface area contributed by atoms with E-state index in [-0.39, 0.29) is 17.0 Å². The summed E-state index contributed by atoms with van der Waals surface area (Å²) in [7, 11) is 0. The minimum Gasteiger partial charge on any atom is -0.478 e. The third-order valence-corrected chi connectivity index (χ3v) is 8.30. The van der Waals surface area contributed by atoms with Crippen LogP contribution in [0, 0.1) is 6.92 Å². The highest BCUT2D eigenvalue weighted by atomic mass is 32.2. The summed E-state index contributed by atoms with van der Waals surface area (Å²) in [6.07, 6.45) is 0.798. The Kier molecular flexibility index (Phi) is 8.69. The van der Waals surface area contributed by atoms with Crippen LogP contribution >= 0.6 is 11.8 Å². The van der Waals surface area contributed by atoms with Crippen LogP contribution in [0.15, 0.2) is 114 Å². The molecule has 1 unspecified atom stereocenters. The van der Waals surface area contributed by atoms with Gasteiger partial charge in [0.05, 0.1) is 5.56 Å². The topological polar surface area (TPSA) is 95.5 Å². The maximum absolute atomic E-state index is 13.7. The number of benzene rings is 5. The van der Waals surface area contributed by atoms with E-state index < -0.39 is 17.1 Å². The van der Waals surface area contributed by atoms with E-state index >= 15 is 0 Å². The van der Waals surface area contributed by atoms with Crippen LogP contribution in [0.4, 0.5) is 11.4 Å². The highest BCUT2D eigenvalue weighted by Crippen LogP contribution is 2.38. The first-order chi connectivity index (χ1) is 20.4. The van der Waals surface area contributed by atoms with Gasteiger partial charge in [0.2, 0.25) is 5.91 Å². The van der Waals surface area contributed by atoms with Crippen LogP contribution < -0.4 is 10.6 Å². The van der Waals surface area contributed by atoms with E-state index in [1.165, 1.54) is 17.8 Å². The quantitative estimate of drug-likeness (QED) is 0.155. The second-order valence-corrected chi connectivity index (χ2v) is 11.0. The van der Waals surface area contributed by atoms with Gasteiger partial charge in [-0.15, -0.1) is 11.8 Å². The summed E-state index contributed by atoms with van der Waals surface area (Å²) in [5, 5.41) is 16.3. The molecule has 7 heteroatoms. The van der Waals surface area contributed by atoms with Gasteiger partial charge >= 0.3 is 5.97 Å². The number of hydrogen-bond donors (Lipinski definition) is 3. The predicted octanol–water partition coefficient (Wildman–Crippen LogP) is 8.13. The Balaban J connectivity index is 1.42. The Morgan fingerprint density at radius 3 is 2.19 bits per heavy atom. The van der Waals surface area contributed by atoms with Gasteiger partial charge in [-0.25, -0.2) is 4.79 Å².